The van der Waals surface area contributed by atoms with Crippen LogP contribution in [0.25, 0.3) is 0 Å². The fourth-order valence-electron chi connectivity index (χ4n) is 3.10. The van der Waals surface area contributed by atoms with E-state index in [-0.39, 0.29) is 17.3 Å². The first kappa shape index (κ1) is 11.3. The number of ketones is 1. The molecule has 16 heavy (non-hydrogen) atoms. The number of fused-ring (bicyclic) bond motifs is 1. The molecular formula is C13H17NO2. The third kappa shape index (κ3) is 1.41. The maximum absolute atomic E-state index is 12.1. The maximum atomic E-state index is 12.1. The molecule has 1 aliphatic carbocycles. The van der Waals surface area contributed by atoms with Crippen LogP contribution in [0.15, 0.2) is 11.6 Å². The highest BCUT2D eigenvalue weighted by atomic mass is 16.5. The molecule has 2 aliphatic rings. The molecule has 0 aromatic heterocycles. The highest BCUT2D eigenvalue weighted by molar-refractivity contribution is 6.04. The summed E-state index contributed by atoms with van der Waals surface area (Å²) in [6.45, 7) is 6.57. The van der Waals surface area contributed by atoms with Crippen LogP contribution in [-0.2, 0) is 9.53 Å². The van der Waals surface area contributed by atoms with Gasteiger partial charge in [0.25, 0.3) is 0 Å². The minimum atomic E-state index is -0.588. The summed E-state index contributed by atoms with van der Waals surface area (Å²) in [5.74, 6) is -0.0839. The normalized spacial score (nSPS) is 37.2. The average molecular weight is 219 g/mol. The van der Waals surface area contributed by atoms with E-state index >= 15 is 0 Å². The van der Waals surface area contributed by atoms with Crippen molar-refractivity contribution in [3.8, 4) is 6.07 Å². The van der Waals surface area contributed by atoms with Gasteiger partial charge in [-0.2, -0.15) is 5.26 Å². The molecule has 3 heteroatoms. The van der Waals surface area contributed by atoms with Gasteiger partial charge < -0.3 is 4.74 Å². The van der Waals surface area contributed by atoms with E-state index in [2.05, 4.69) is 6.92 Å². The van der Waals surface area contributed by atoms with Crippen LogP contribution >= 0.6 is 0 Å². The lowest BCUT2D eigenvalue weighted by molar-refractivity contribution is -0.152. The Hall–Kier alpha value is -1.14. The summed E-state index contributed by atoms with van der Waals surface area (Å²) in [5, 5.41) is 9.02. The number of hydrogen-bond donors (Lipinski definition) is 0. The SMILES string of the molecule is CC12C=C(C#N)C(=O)C(C)(C)C1OCCC2. The lowest BCUT2D eigenvalue weighted by atomic mass is 9.60. The number of rotatable bonds is 0. The van der Waals surface area contributed by atoms with E-state index in [9.17, 15) is 4.79 Å². The quantitative estimate of drug-likeness (QED) is 0.627. The van der Waals surface area contributed by atoms with Crippen molar-refractivity contribution in [2.75, 3.05) is 6.61 Å². The monoisotopic (exact) mass is 219 g/mol. The molecule has 2 atom stereocenters. The molecule has 0 spiro atoms. The van der Waals surface area contributed by atoms with Gasteiger partial charge in [0.05, 0.1) is 17.1 Å². The van der Waals surface area contributed by atoms with Crippen LogP contribution in [0.4, 0.5) is 0 Å². The molecule has 0 aromatic carbocycles. The number of ether oxygens (including phenoxy) is 1. The summed E-state index contributed by atoms with van der Waals surface area (Å²) < 4.78 is 5.79. The fraction of sp³-hybridized carbons (Fsp3) is 0.692. The fourth-order valence-corrected chi connectivity index (χ4v) is 3.10. The molecule has 1 fully saturated rings. The van der Waals surface area contributed by atoms with E-state index in [1.165, 1.54) is 0 Å². The lowest BCUT2D eigenvalue weighted by Crippen LogP contribution is -2.54. The van der Waals surface area contributed by atoms with Gasteiger partial charge >= 0.3 is 0 Å². The summed E-state index contributed by atoms with van der Waals surface area (Å²) in [7, 11) is 0. The summed E-state index contributed by atoms with van der Waals surface area (Å²) in [4.78, 5) is 12.1. The van der Waals surface area contributed by atoms with Gasteiger partial charge in [-0.3, -0.25) is 4.79 Å². The predicted octanol–water partition coefficient (Wildman–Crippen LogP) is 2.23. The molecule has 86 valence electrons. The summed E-state index contributed by atoms with van der Waals surface area (Å²) >= 11 is 0. The molecule has 0 N–H and O–H groups in total. The van der Waals surface area contributed by atoms with E-state index in [4.69, 9.17) is 10.00 Å². The molecule has 1 saturated heterocycles. The smallest absolute Gasteiger partial charge is 0.181 e. The van der Waals surface area contributed by atoms with Gasteiger partial charge in [0, 0.05) is 12.0 Å². The Kier molecular flexibility index (Phi) is 2.43. The highest BCUT2D eigenvalue weighted by Gasteiger charge is 2.53. The maximum Gasteiger partial charge on any atom is 0.181 e. The molecule has 1 heterocycles. The number of Topliss-reactive ketones (excluding diaryl/α,β-unsaturated/α-hetero) is 1. The van der Waals surface area contributed by atoms with Crippen molar-refractivity contribution in [2.45, 2.75) is 39.7 Å². The van der Waals surface area contributed by atoms with Gasteiger partial charge in [-0.1, -0.05) is 13.0 Å². The van der Waals surface area contributed by atoms with Crippen molar-refractivity contribution in [3.05, 3.63) is 11.6 Å². The standard InChI is InChI=1S/C13H17NO2/c1-12(2)10(15)9(8-14)7-13(3)5-4-6-16-11(12)13/h7,11H,4-6H2,1-3H3. The van der Waals surface area contributed by atoms with Crippen molar-refractivity contribution < 1.29 is 9.53 Å². The lowest BCUT2D eigenvalue weighted by Gasteiger charge is -2.49. The zero-order valence-corrected chi connectivity index (χ0v) is 10.0. The van der Waals surface area contributed by atoms with Crippen LogP contribution in [0, 0.1) is 22.2 Å². The molecule has 0 saturated carbocycles. The van der Waals surface area contributed by atoms with E-state index in [0.717, 1.165) is 12.8 Å². The Morgan fingerprint density at radius 3 is 2.81 bits per heavy atom. The van der Waals surface area contributed by atoms with Gasteiger partial charge in [-0.15, -0.1) is 0 Å². The predicted molar refractivity (Wildman–Crippen MR) is 59.6 cm³/mol. The molecule has 1 aliphatic heterocycles. The highest BCUT2D eigenvalue weighted by Crippen LogP contribution is 2.49. The Bertz CT molecular complexity index is 403. The average Bonchev–Trinajstić information content (AvgIpc) is 2.24. The minimum Gasteiger partial charge on any atom is -0.376 e. The molecule has 2 unspecified atom stereocenters. The van der Waals surface area contributed by atoms with Crippen LogP contribution in [0.1, 0.15) is 33.6 Å². The molecule has 0 bridgehead atoms. The van der Waals surface area contributed by atoms with E-state index < -0.39 is 5.41 Å². The summed E-state index contributed by atoms with van der Waals surface area (Å²) in [6.07, 6.45) is 3.70. The van der Waals surface area contributed by atoms with Crippen LogP contribution < -0.4 is 0 Å². The first-order valence-electron chi connectivity index (χ1n) is 5.71. The largest absolute Gasteiger partial charge is 0.376 e. The first-order chi connectivity index (χ1) is 7.42. The number of nitriles is 1. The Morgan fingerprint density at radius 1 is 1.50 bits per heavy atom. The van der Waals surface area contributed by atoms with Crippen LogP contribution in [0.5, 0.6) is 0 Å². The summed E-state index contributed by atoms with van der Waals surface area (Å²) in [5.41, 5.74) is -0.454. The van der Waals surface area contributed by atoms with Crippen molar-refractivity contribution in [2.24, 2.45) is 10.8 Å². The van der Waals surface area contributed by atoms with Gasteiger partial charge in [-0.05, 0) is 26.7 Å². The molecule has 3 nitrogen and oxygen atoms in total. The first-order valence-corrected chi connectivity index (χ1v) is 5.71. The Balaban J connectivity index is 2.53. The second kappa shape index (κ2) is 3.43. The van der Waals surface area contributed by atoms with Crippen LogP contribution in [0.2, 0.25) is 0 Å². The summed E-state index contributed by atoms with van der Waals surface area (Å²) in [6, 6.07) is 2.02. The second-order valence-electron chi connectivity index (χ2n) is 5.58. The molecule has 2 rings (SSSR count). The topological polar surface area (TPSA) is 50.1 Å². The number of nitrogens with zero attached hydrogens (tertiary/aromatic N) is 1. The van der Waals surface area contributed by atoms with E-state index in [1.807, 2.05) is 26.0 Å². The van der Waals surface area contributed by atoms with Gasteiger partial charge in [0.15, 0.2) is 5.78 Å². The molecular weight excluding hydrogens is 202 g/mol. The zero-order valence-electron chi connectivity index (χ0n) is 10.0. The Labute approximate surface area is 96.1 Å². The number of allylic oxidation sites excluding steroid dienone is 1. The van der Waals surface area contributed by atoms with Crippen molar-refractivity contribution in [1.82, 2.24) is 0 Å². The second-order valence-corrected chi connectivity index (χ2v) is 5.58. The third-order valence-electron chi connectivity index (χ3n) is 3.82. The van der Waals surface area contributed by atoms with Crippen LogP contribution in [0.3, 0.4) is 0 Å². The molecule has 0 amide bonds. The van der Waals surface area contributed by atoms with Crippen molar-refractivity contribution in [1.29, 1.82) is 5.26 Å². The van der Waals surface area contributed by atoms with E-state index in [0.29, 0.717) is 12.2 Å². The zero-order chi connectivity index (χ0) is 12.0. The molecule has 0 radical (unpaired) electrons. The van der Waals surface area contributed by atoms with E-state index in [1.54, 1.807) is 0 Å². The molecule has 0 aromatic rings. The third-order valence-corrected chi connectivity index (χ3v) is 3.82. The number of carbonyl (C=O) groups excluding carboxylic acids is 1. The van der Waals surface area contributed by atoms with Crippen LogP contribution in [-0.4, -0.2) is 18.5 Å². The number of hydrogen-bond acceptors (Lipinski definition) is 3. The minimum absolute atomic E-state index is 0.0839. The van der Waals surface area contributed by atoms with Gasteiger partial charge in [-0.25, -0.2) is 0 Å². The number of carbonyl (C=O) groups is 1. The van der Waals surface area contributed by atoms with Crippen molar-refractivity contribution >= 4 is 5.78 Å². The van der Waals surface area contributed by atoms with Crippen molar-refractivity contribution in [3.63, 3.8) is 0 Å². The van der Waals surface area contributed by atoms with Gasteiger partial charge in [0.1, 0.15) is 6.07 Å². The van der Waals surface area contributed by atoms with Gasteiger partial charge in [0.2, 0.25) is 0 Å². The Morgan fingerprint density at radius 2 is 2.19 bits per heavy atom.